The third-order valence-corrected chi connectivity index (χ3v) is 4.49. The van der Waals surface area contributed by atoms with Crippen molar-refractivity contribution < 1.29 is 4.74 Å². The zero-order chi connectivity index (χ0) is 18.0. The van der Waals surface area contributed by atoms with E-state index in [2.05, 4.69) is 31.8 Å². The molecule has 7 nitrogen and oxygen atoms in total. The highest BCUT2D eigenvalue weighted by Gasteiger charge is 2.16. The van der Waals surface area contributed by atoms with Gasteiger partial charge in [-0.05, 0) is 43.7 Å². The van der Waals surface area contributed by atoms with E-state index in [1.54, 1.807) is 13.2 Å². The fourth-order valence-electron chi connectivity index (χ4n) is 3.05. The summed E-state index contributed by atoms with van der Waals surface area (Å²) in [5, 5.41) is 10.8. The third kappa shape index (κ3) is 7.36. The maximum absolute atomic E-state index is 5.90. The van der Waals surface area contributed by atoms with Crippen LogP contribution >= 0.6 is 24.0 Å². The molecule has 0 bridgehead atoms. The number of aliphatic imine (C=N–C) groups is 1. The van der Waals surface area contributed by atoms with Crippen LogP contribution in [0.1, 0.15) is 37.7 Å². The largest absolute Gasteiger partial charge is 0.474 e. The van der Waals surface area contributed by atoms with Gasteiger partial charge in [-0.1, -0.05) is 6.07 Å². The highest BCUT2D eigenvalue weighted by molar-refractivity contribution is 14.0. The average Bonchev–Trinajstić information content (AvgIpc) is 3.36. The van der Waals surface area contributed by atoms with Gasteiger partial charge in [0.1, 0.15) is 6.10 Å². The molecule has 27 heavy (non-hydrogen) atoms. The Bertz CT molecular complexity index is 668. The van der Waals surface area contributed by atoms with Crippen LogP contribution in [0, 0.1) is 0 Å². The van der Waals surface area contributed by atoms with Crippen molar-refractivity contribution in [2.24, 2.45) is 4.99 Å². The lowest BCUT2D eigenvalue weighted by Crippen LogP contribution is -2.37. The predicted octanol–water partition coefficient (Wildman–Crippen LogP) is 2.97. The Kier molecular flexibility index (Phi) is 9.37. The van der Waals surface area contributed by atoms with Crippen LogP contribution in [0.3, 0.4) is 0 Å². The molecular weight excluding hydrogens is 455 g/mol. The second-order valence-electron chi connectivity index (χ2n) is 6.50. The van der Waals surface area contributed by atoms with Crippen LogP contribution < -0.4 is 15.4 Å². The minimum Gasteiger partial charge on any atom is -0.474 e. The SMILES string of the molecule is CN=C(NCCCn1cccn1)NCc1ccc(OC2CCCC2)nc1.I. The lowest BCUT2D eigenvalue weighted by atomic mass is 10.3. The number of rotatable bonds is 8. The zero-order valence-corrected chi connectivity index (χ0v) is 18.1. The van der Waals surface area contributed by atoms with Gasteiger partial charge in [-0.3, -0.25) is 9.67 Å². The molecule has 2 aromatic rings. The summed E-state index contributed by atoms with van der Waals surface area (Å²) in [6.07, 6.45) is 11.8. The first-order chi connectivity index (χ1) is 12.8. The van der Waals surface area contributed by atoms with Gasteiger partial charge in [0.2, 0.25) is 5.88 Å². The second kappa shape index (κ2) is 11.8. The Hall–Kier alpha value is -1.84. The number of aromatic nitrogens is 3. The first kappa shape index (κ1) is 21.5. The van der Waals surface area contributed by atoms with E-state index in [-0.39, 0.29) is 24.0 Å². The van der Waals surface area contributed by atoms with E-state index in [9.17, 15) is 0 Å². The standard InChI is InChI=1S/C19H28N6O.HI/c1-20-19(21-10-4-12-25-13-5-11-24-25)23-15-16-8-9-18(22-14-16)26-17-6-2-3-7-17;/h5,8-9,11,13-14,17H,2-4,6-7,10,12,15H2,1H3,(H2,20,21,23);1H. The molecule has 0 radical (unpaired) electrons. The van der Waals surface area contributed by atoms with Gasteiger partial charge >= 0.3 is 0 Å². The number of nitrogens with zero attached hydrogens (tertiary/aromatic N) is 4. The molecule has 1 fully saturated rings. The van der Waals surface area contributed by atoms with Gasteiger partial charge in [-0.25, -0.2) is 4.98 Å². The van der Waals surface area contributed by atoms with Crippen molar-refractivity contribution in [1.82, 2.24) is 25.4 Å². The molecule has 1 saturated carbocycles. The maximum atomic E-state index is 5.90. The molecule has 0 saturated heterocycles. The quantitative estimate of drug-likeness (QED) is 0.261. The summed E-state index contributed by atoms with van der Waals surface area (Å²) in [5.41, 5.74) is 1.10. The summed E-state index contributed by atoms with van der Waals surface area (Å²) in [6, 6.07) is 5.94. The highest BCUT2D eigenvalue weighted by Crippen LogP contribution is 2.22. The van der Waals surface area contributed by atoms with Gasteiger partial charge < -0.3 is 15.4 Å². The Morgan fingerprint density at radius 1 is 1.30 bits per heavy atom. The van der Waals surface area contributed by atoms with Crippen molar-refractivity contribution in [3.05, 3.63) is 42.4 Å². The Balaban J connectivity index is 0.00000261. The minimum absolute atomic E-state index is 0. The van der Waals surface area contributed by atoms with Gasteiger partial charge in [0.05, 0.1) is 0 Å². The van der Waals surface area contributed by atoms with Gasteiger partial charge in [-0.2, -0.15) is 5.10 Å². The molecule has 8 heteroatoms. The van der Waals surface area contributed by atoms with Crippen molar-refractivity contribution in [3.63, 3.8) is 0 Å². The second-order valence-corrected chi connectivity index (χ2v) is 6.50. The average molecular weight is 484 g/mol. The number of aryl methyl sites for hydroxylation is 1. The summed E-state index contributed by atoms with van der Waals surface area (Å²) in [6.45, 7) is 2.41. The van der Waals surface area contributed by atoms with Crippen molar-refractivity contribution in [1.29, 1.82) is 0 Å². The number of nitrogens with one attached hydrogen (secondary N) is 2. The van der Waals surface area contributed by atoms with Gasteiger partial charge in [0, 0.05) is 51.3 Å². The summed E-state index contributed by atoms with van der Waals surface area (Å²) < 4.78 is 7.83. The molecule has 2 heterocycles. The normalized spacial score (nSPS) is 14.6. The van der Waals surface area contributed by atoms with Crippen molar-refractivity contribution >= 4 is 29.9 Å². The molecule has 148 valence electrons. The lowest BCUT2D eigenvalue weighted by Gasteiger charge is -2.13. The number of halogens is 1. The number of hydrogen-bond acceptors (Lipinski definition) is 4. The van der Waals surface area contributed by atoms with E-state index >= 15 is 0 Å². The molecule has 2 aromatic heterocycles. The van der Waals surface area contributed by atoms with Crippen LogP contribution in [0.25, 0.3) is 0 Å². The maximum Gasteiger partial charge on any atom is 0.213 e. The number of ether oxygens (including phenoxy) is 1. The Morgan fingerprint density at radius 2 is 2.15 bits per heavy atom. The summed E-state index contributed by atoms with van der Waals surface area (Å²) in [5.74, 6) is 1.51. The summed E-state index contributed by atoms with van der Waals surface area (Å²) >= 11 is 0. The summed E-state index contributed by atoms with van der Waals surface area (Å²) in [4.78, 5) is 8.67. The molecule has 0 aliphatic heterocycles. The molecule has 0 aromatic carbocycles. The van der Waals surface area contributed by atoms with Crippen LogP contribution in [-0.2, 0) is 13.1 Å². The van der Waals surface area contributed by atoms with E-state index in [1.165, 1.54) is 12.8 Å². The topological polar surface area (TPSA) is 76.4 Å². The van der Waals surface area contributed by atoms with Crippen molar-refractivity contribution in [2.75, 3.05) is 13.6 Å². The molecule has 0 atom stereocenters. The molecule has 0 amide bonds. The smallest absolute Gasteiger partial charge is 0.213 e. The van der Waals surface area contributed by atoms with Crippen molar-refractivity contribution in [2.45, 2.75) is 51.3 Å². The Labute approximate surface area is 178 Å². The number of guanidine groups is 1. The Morgan fingerprint density at radius 3 is 2.81 bits per heavy atom. The van der Waals surface area contributed by atoms with Crippen molar-refractivity contribution in [3.8, 4) is 5.88 Å². The van der Waals surface area contributed by atoms with Gasteiger partial charge in [0.25, 0.3) is 0 Å². The van der Waals surface area contributed by atoms with Crippen LogP contribution in [0.2, 0.25) is 0 Å². The fourth-order valence-corrected chi connectivity index (χ4v) is 3.05. The van der Waals surface area contributed by atoms with Crippen LogP contribution in [0.4, 0.5) is 0 Å². The van der Waals surface area contributed by atoms with Gasteiger partial charge in [0.15, 0.2) is 5.96 Å². The van der Waals surface area contributed by atoms with E-state index in [1.807, 2.05) is 29.2 Å². The fraction of sp³-hybridized carbons (Fsp3) is 0.526. The monoisotopic (exact) mass is 484 g/mol. The van der Waals surface area contributed by atoms with E-state index in [4.69, 9.17) is 4.74 Å². The van der Waals surface area contributed by atoms with E-state index in [0.29, 0.717) is 12.6 Å². The minimum atomic E-state index is 0. The predicted molar refractivity (Wildman–Crippen MR) is 118 cm³/mol. The molecule has 2 N–H and O–H groups in total. The van der Waals surface area contributed by atoms with Crippen LogP contribution in [-0.4, -0.2) is 40.4 Å². The molecule has 1 aliphatic rings. The zero-order valence-electron chi connectivity index (χ0n) is 15.8. The van der Waals surface area contributed by atoms with E-state index in [0.717, 1.165) is 49.8 Å². The number of pyridine rings is 1. The molecular formula is C19H29IN6O. The lowest BCUT2D eigenvalue weighted by molar-refractivity contribution is 0.201. The molecule has 0 unspecified atom stereocenters. The summed E-state index contributed by atoms with van der Waals surface area (Å²) in [7, 11) is 1.78. The number of hydrogen-bond donors (Lipinski definition) is 2. The molecule has 1 aliphatic carbocycles. The first-order valence-corrected chi connectivity index (χ1v) is 9.37. The van der Waals surface area contributed by atoms with Gasteiger partial charge in [-0.15, -0.1) is 24.0 Å². The highest BCUT2D eigenvalue weighted by atomic mass is 127. The van der Waals surface area contributed by atoms with Crippen LogP contribution in [0.15, 0.2) is 41.8 Å². The molecule has 0 spiro atoms. The first-order valence-electron chi connectivity index (χ1n) is 9.37. The third-order valence-electron chi connectivity index (χ3n) is 4.49. The molecule has 3 rings (SSSR count). The van der Waals surface area contributed by atoms with Crippen LogP contribution in [0.5, 0.6) is 5.88 Å². The van der Waals surface area contributed by atoms with E-state index < -0.39 is 0 Å².